The number of benzene rings is 2. The van der Waals surface area contributed by atoms with Crippen LogP contribution in [0.15, 0.2) is 53.2 Å². The Kier molecular flexibility index (Phi) is 4.43. The number of nitrogens with zero attached hydrogens (tertiary/aromatic N) is 5. The zero-order valence-corrected chi connectivity index (χ0v) is 18.2. The van der Waals surface area contributed by atoms with E-state index in [4.69, 9.17) is 16.0 Å². The van der Waals surface area contributed by atoms with E-state index in [1.807, 2.05) is 30.0 Å². The summed E-state index contributed by atoms with van der Waals surface area (Å²) >= 11 is 6.05. The molecule has 4 aromatic rings. The molecule has 6 rings (SSSR count). The van der Waals surface area contributed by atoms with Gasteiger partial charge in [0, 0.05) is 18.1 Å². The molecule has 2 aromatic heterocycles. The molecule has 0 radical (unpaired) electrons. The van der Waals surface area contributed by atoms with Crippen LogP contribution in [0.1, 0.15) is 22.3 Å². The first-order valence-corrected chi connectivity index (χ1v) is 11.0. The quantitative estimate of drug-likeness (QED) is 0.497. The molecule has 9 heteroatoms. The van der Waals surface area contributed by atoms with E-state index in [1.165, 1.54) is 4.80 Å². The van der Waals surface area contributed by atoms with Gasteiger partial charge in [-0.15, -0.1) is 0 Å². The van der Waals surface area contributed by atoms with E-state index in [0.717, 1.165) is 18.5 Å². The third-order valence-corrected chi connectivity index (χ3v) is 6.63. The Bertz CT molecular complexity index is 1320. The number of hydrogen-bond acceptors (Lipinski definition) is 6. The highest BCUT2D eigenvalue weighted by atomic mass is 35.5. The van der Waals surface area contributed by atoms with Gasteiger partial charge in [-0.1, -0.05) is 23.2 Å². The van der Waals surface area contributed by atoms with Crippen LogP contribution in [0.25, 0.3) is 16.8 Å². The lowest BCUT2D eigenvalue weighted by atomic mass is 10.1. The van der Waals surface area contributed by atoms with Crippen LogP contribution >= 0.6 is 11.6 Å². The van der Waals surface area contributed by atoms with Crippen LogP contribution < -0.4 is 5.32 Å². The molecule has 1 N–H and O–H groups in total. The summed E-state index contributed by atoms with van der Waals surface area (Å²) in [6.45, 7) is 3.32. The minimum absolute atomic E-state index is 0.00403. The van der Waals surface area contributed by atoms with Gasteiger partial charge >= 0.3 is 0 Å². The maximum Gasteiger partial charge on any atom is 0.295 e. The summed E-state index contributed by atoms with van der Waals surface area (Å²) in [4.78, 5) is 21.6. The van der Waals surface area contributed by atoms with E-state index in [9.17, 15) is 4.79 Å². The zero-order chi connectivity index (χ0) is 21.8. The molecule has 3 atom stereocenters. The highest BCUT2D eigenvalue weighted by molar-refractivity contribution is 6.31. The van der Waals surface area contributed by atoms with Crippen LogP contribution in [0.5, 0.6) is 0 Å². The van der Waals surface area contributed by atoms with Gasteiger partial charge in [0.1, 0.15) is 5.52 Å². The smallest absolute Gasteiger partial charge is 0.295 e. The number of hydrogen-bond donors (Lipinski definition) is 1. The molecule has 1 aliphatic heterocycles. The second-order valence-corrected chi connectivity index (χ2v) is 8.97. The predicted molar refractivity (Wildman–Crippen MR) is 120 cm³/mol. The molecule has 162 valence electrons. The molecule has 0 bridgehead atoms. The molecular formula is C23H21ClN6O2. The molecule has 8 nitrogen and oxygen atoms in total. The standard InChI is InChI=1S/C23H21ClN6O2/c1-13-2-4-19(30-26-6-7-27-30)17(8-13)22(31)29-12-14-9-16(14)20(29)11-25-23-28-18-10-15(24)3-5-21(18)32-23/h2-8,10,14,16,20H,9,11-12H2,1H3,(H,25,28). The number of aromatic nitrogens is 4. The lowest BCUT2D eigenvalue weighted by Crippen LogP contribution is -2.42. The molecule has 3 heterocycles. The van der Waals surface area contributed by atoms with Crippen molar-refractivity contribution in [2.75, 3.05) is 18.4 Å². The summed E-state index contributed by atoms with van der Waals surface area (Å²) in [5.41, 5.74) is 3.71. The topological polar surface area (TPSA) is 89.1 Å². The average Bonchev–Trinajstić information content (AvgIpc) is 3.15. The Morgan fingerprint density at radius 3 is 2.91 bits per heavy atom. The molecule has 2 aliphatic rings. The van der Waals surface area contributed by atoms with Crippen LogP contribution in [0.3, 0.4) is 0 Å². The summed E-state index contributed by atoms with van der Waals surface area (Å²) in [5, 5.41) is 12.4. The number of rotatable bonds is 5. The second-order valence-electron chi connectivity index (χ2n) is 8.54. The van der Waals surface area contributed by atoms with Crippen LogP contribution in [0.4, 0.5) is 6.01 Å². The van der Waals surface area contributed by atoms with Crippen molar-refractivity contribution in [2.45, 2.75) is 19.4 Å². The number of likely N-dealkylation sites (tertiary alicyclic amines) is 1. The average molecular weight is 449 g/mol. The molecule has 2 fully saturated rings. The summed E-state index contributed by atoms with van der Waals surface area (Å²) in [6.07, 6.45) is 4.37. The van der Waals surface area contributed by atoms with Gasteiger partial charge < -0.3 is 14.6 Å². The van der Waals surface area contributed by atoms with Crippen LogP contribution in [-0.2, 0) is 0 Å². The third-order valence-electron chi connectivity index (χ3n) is 6.39. The number of fused-ring (bicyclic) bond motifs is 2. The van der Waals surface area contributed by atoms with E-state index in [0.29, 0.717) is 51.8 Å². The van der Waals surface area contributed by atoms with Gasteiger partial charge in [-0.25, -0.2) is 0 Å². The lowest BCUT2D eigenvalue weighted by Gasteiger charge is -2.28. The summed E-state index contributed by atoms with van der Waals surface area (Å²) in [5.74, 6) is 1.06. The number of carbonyl (C=O) groups excluding carboxylic acids is 1. The zero-order valence-electron chi connectivity index (χ0n) is 17.4. The predicted octanol–water partition coefficient (Wildman–Crippen LogP) is 3.94. The number of halogens is 1. The van der Waals surface area contributed by atoms with Crippen molar-refractivity contribution in [1.82, 2.24) is 24.9 Å². The maximum absolute atomic E-state index is 13.7. The number of carbonyl (C=O) groups is 1. The van der Waals surface area contributed by atoms with Crippen molar-refractivity contribution < 1.29 is 9.21 Å². The fourth-order valence-electron chi connectivity index (χ4n) is 4.72. The largest absolute Gasteiger partial charge is 0.424 e. The van der Waals surface area contributed by atoms with Crippen molar-refractivity contribution in [3.8, 4) is 5.69 Å². The molecule has 32 heavy (non-hydrogen) atoms. The molecule has 0 spiro atoms. The van der Waals surface area contributed by atoms with Gasteiger partial charge in [0.15, 0.2) is 5.58 Å². The van der Waals surface area contributed by atoms with Gasteiger partial charge in [-0.05, 0) is 55.5 Å². The summed E-state index contributed by atoms with van der Waals surface area (Å²) in [7, 11) is 0. The van der Waals surface area contributed by atoms with Crippen molar-refractivity contribution in [3.63, 3.8) is 0 Å². The van der Waals surface area contributed by atoms with E-state index >= 15 is 0 Å². The number of amides is 1. The lowest BCUT2D eigenvalue weighted by molar-refractivity contribution is 0.0714. The maximum atomic E-state index is 13.7. The molecule has 2 aromatic carbocycles. The van der Waals surface area contributed by atoms with Crippen molar-refractivity contribution in [2.24, 2.45) is 11.8 Å². The minimum Gasteiger partial charge on any atom is -0.424 e. The van der Waals surface area contributed by atoms with Crippen LogP contribution in [-0.4, -0.2) is 49.9 Å². The second kappa shape index (κ2) is 7.34. The van der Waals surface area contributed by atoms with Gasteiger partial charge in [0.2, 0.25) is 0 Å². The summed E-state index contributed by atoms with van der Waals surface area (Å²) < 4.78 is 5.79. The highest BCUT2D eigenvalue weighted by Gasteiger charge is 2.54. The van der Waals surface area contributed by atoms with Crippen LogP contribution in [0, 0.1) is 18.8 Å². The number of anilines is 1. The molecule has 1 amide bonds. The molecule has 1 aliphatic carbocycles. The Labute approximate surface area is 189 Å². The number of aryl methyl sites for hydroxylation is 1. The van der Waals surface area contributed by atoms with E-state index in [2.05, 4.69) is 20.5 Å². The molecule has 1 saturated heterocycles. The van der Waals surface area contributed by atoms with Crippen molar-refractivity contribution in [3.05, 3.63) is 64.9 Å². The fourth-order valence-corrected chi connectivity index (χ4v) is 4.89. The summed E-state index contributed by atoms with van der Waals surface area (Å²) in [6, 6.07) is 11.7. The normalized spacial score (nSPS) is 21.7. The first kappa shape index (κ1) is 19.3. The fraction of sp³-hybridized carbons (Fsp3) is 0.304. The third kappa shape index (κ3) is 3.31. The van der Waals surface area contributed by atoms with Crippen LogP contribution in [0.2, 0.25) is 5.02 Å². The SMILES string of the molecule is Cc1ccc(-n2nccn2)c(C(=O)N2CC3CC3C2CNc2nc3cc(Cl)ccc3o2)c1. The number of oxazole rings is 1. The Hall–Kier alpha value is -3.39. The first-order chi connectivity index (χ1) is 15.6. The number of piperidine rings is 1. The Morgan fingerprint density at radius 2 is 2.06 bits per heavy atom. The van der Waals surface area contributed by atoms with E-state index in [1.54, 1.807) is 30.6 Å². The Morgan fingerprint density at radius 1 is 1.22 bits per heavy atom. The van der Waals surface area contributed by atoms with E-state index < -0.39 is 0 Å². The van der Waals surface area contributed by atoms with E-state index in [-0.39, 0.29) is 11.9 Å². The van der Waals surface area contributed by atoms with Gasteiger partial charge in [0.05, 0.1) is 29.7 Å². The minimum atomic E-state index is 0.00403. The molecule has 3 unspecified atom stereocenters. The van der Waals surface area contributed by atoms with Crippen molar-refractivity contribution in [1.29, 1.82) is 0 Å². The number of nitrogens with one attached hydrogen (secondary N) is 1. The van der Waals surface area contributed by atoms with Gasteiger partial charge in [-0.2, -0.15) is 20.0 Å². The Balaban J connectivity index is 1.25. The molecule has 1 saturated carbocycles. The first-order valence-electron chi connectivity index (χ1n) is 10.6. The van der Waals surface area contributed by atoms with Gasteiger partial charge in [-0.3, -0.25) is 4.79 Å². The monoisotopic (exact) mass is 448 g/mol. The van der Waals surface area contributed by atoms with Gasteiger partial charge in [0.25, 0.3) is 11.9 Å². The highest BCUT2D eigenvalue weighted by Crippen LogP contribution is 2.50. The van der Waals surface area contributed by atoms with Crippen molar-refractivity contribution >= 4 is 34.6 Å². The molecular weight excluding hydrogens is 428 g/mol.